The number of benzene rings is 2. The molecule has 5 nitrogen and oxygen atoms in total. The lowest BCUT2D eigenvalue weighted by molar-refractivity contribution is 0.0689. The second-order valence-electron chi connectivity index (χ2n) is 5.07. The van der Waals surface area contributed by atoms with Crippen LogP contribution in [-0.2, 0) is 0 Å². The minimum absolute atomic E-state index is 0.105. The molecule has 5 heteroatoms. The zero-order valence-corrected chi connectivity index (χ0v) is 11.9. The molecule has 0 atom stereocenters. The van der Waals surface area contributed by atoms with Crippen LogP contribution in [-0.4, -0.2) is 21.2 Å². The molecule has 0 spiro atoms. The second kappa shape index (κ2) is 5.04. The second-order valence-corrected chi connectivity index (χ2v) is 5.07. The van der Waals surface area contributed by atoms with E-state index < -0.39 is 5.97 Å². The molecule has 0 saturated heterocycles. The summed E-state index contributed by atoms with van der Waals surface area (Å²) in [5.41, 5.74) is 8.46. The molecule has 1 heterocycles. The summed E-state index contributed by atoms with van der Waals surface area (Å²) in [7, 11) is 0. The van der Waals surface area contributed by atoms with Crippen molar-refractivity contribution in [2.24, 2.45) is 0 Å². The largest absolute Gasteiger partial charge is 0.507 e. The maximum Gasteiger partial charge on any atom is 0.354 e. The highest BCUT2D eigenvalue weighted by atomic mass is 16.4. The molecule has 1 aromatic heterocycles. The molecule has 0 aliphatic heterocycles. The van der Waals surface area contributed by atoms with Crippen LogP contribution in [0, 0.1) is 6.92 Å². The Morgan fingerprint density at radius 2 is 1.82 bits per heavy atom. The first-order chi connectivity index (χ1) is 10.5. The number of hydrogen-bond donors (Lipinski definition) is 3. The van der Waals surface area contributed by atoms with Gasteiger partial charge >= 0.3 is 5.97 Å². The van der Waals surface area contributed by atoms with Crippen molar-refractivity contribution in [2.75, 3.05) is 5.73 Å². The summed E-state index contributed by atoms with van der Waals surface area (Å²) in [6.45, 7) is 1.52. The first kappa shape index (κ1) is 13.9. The number of nitrogens with zero attached hydrogens (tertiary/aromatic N) is 1. The number of rotatable bonds is 2. The smallest absolute Gasteiger partial charge is 0.354 e. The minimum Gasteiger partial charge on any atom is -0.507 e. The fourth-order valence-electron chi connectivity index (χ4n) is 2.48. The van der Waals surface area contributed by atoms with Crippen LogP contribution in [0.15, 0.2) is 42.5 Å². The Morgan fingerprint density at radius 3 is 2.45 bits per heavy atom. The van der Waals surface area contributed by atoms with Crippen LogP contribution in [0.5, 0.6) is 5.75 Å². The van der Waals surface area contributed by atoms with Gasteiger partial charge in [0.2, 0.25) is 0 Å². The van der Waals surface area contributed by atoms with Crippen molar-refractivity contribution in [2.45, 2.75) is 6.92 Å². The lowest BCUT2D eigenvalue weighted by atomic mass is 10.00. The number of anilines is 1. The predicted molar refractivity (Wildman–Crippen MR) is 85.0 cm³/mol. The van der Waals surface area contributed by atoms with Crippen molar-refractivity contribution in [1.82, 2.24) is 4.98 Å². The molecule has 0 radical (unpaired) electrons. The average Bonchev–Trinajstić information content (AvgIpc) is 2.51. The molecule has 0 aliphatic rings. The number of aromatic nitrogens is 1. The van der Waals surface area contributed by atoms with Gasteiger partial charge in [0.15, 0.2) is 5.69 Å². The number of carbonyl (C=O) groups is 1. The molecule has 2 aromatic carbocycles. The maximum absolute atomic E-state index is 11.2. The van der Waals surface area contributed by atoms with E-state index in [1.54, 1.807) is 12.1 Å². The van der Waals surface area contributed by atoms with E-state index in [4.69, 9.17) is 10.8 Å². The van der Waals surface area contributed by atoms with Gasteiger partial charge in [-0.3, -0.25) is 0 Å². The predicted octanol–water partition coefficient (Wildman–Crippen LogP) is 3.20. The molecule has 4 N–H and O–H groups in total. The van der Waals surface area contributed by atoms with Crippen molar-refractivity contribution in [1.29, 1.82) is 0 Å². The first-order valence-electron chi connectivity index (χ1n) is 6.70. The van der Waals surface area contributed by atoms with E-state index in [1.165, 1.54) is 6.92 Å². The number of nitrogens with two attached hydrogens (primary N) is 1. The molecule has 3 aromatic rings. The molecule has 0 bridgehead atoms. The van der Waals surface area contributed by atoms with E-state index in [-0.39, 0.29) is 17.0 Å². The molecule has 3 rings (SSSR count). The first-order valence-corrected chi connectivity index (χ1v) is 6.70. The number of hydrogen-bond acceptors (Lipinski definition) is 4. The van der Waals surface area contributed by atoms with E-state index >= 15 is 0 Å². The van der Waals surface area contributed by atoms with Gasteiger partial charge in [-0.1, -0.05) is 30.3 Å². The van der Waals surface area contributed by atoms with Crippen molar-refractivity contribution < 1.29 is 15.0 Å². The van der Waals surface area contributed by atoms with E-state index in [0.29, 0.717) is 16.6 Å². The van der Waals surface area contributed by atoms with E-state index in [1.807, 2.05) is 30.3 Å². The Morgan fingerprint density at radius 1 is 1.14 bits per heavy atom. The maximum atomic E-state index is 11.2. The monoisotopic (exact) mass is 294 g/mol. The van der Waals surface area contributed by atoms with Gasteiger partial charge in [0, 0.05) is 10.9 Å². The van der Waals surface area contributed by atoms with Crippen LogP contribution in [0.2, 0.25) is 0 Å². The van der Waals surface area contributed by atoms with Gasteiger partial charge in [-0.2, -0.15) is 0 Å². The summed E-state index contributed by atoms with van der Waals surface area (Å²) in [5, 5.41) is 19.9. The average molecular weight is 294 g/mol. The molecule has 0 unspecified atom stereocenters. The lowest BCUT2D eigenvalue weighted by Crippen LogP contribution is -2.05. The van der Waals surface area contributed by atoms with Gasteiger partial charge in [-0.15, -0.1) is 0 Å². The number of aromatic carboxylic acids is 1. The third-order valence-electron chi connectivity index (χ3n) is 3.64. The highest BCUT2D eigenvalue weighted by Crippen LogP contribution is 2.35. The van der Waals surface area contributed by atoms with Crippen LogP contribution in [0.1, 0.15) is 16.1 Å². The molecule has 110 valence electrons. The summed E-state index contributed by atoms with van der Waals surface area (Å²) in [6.07, 6.45) is 0. The molecular weight excluding hydrogens is 280 g/mol. The summed E-state index contributed by atoms with van der Waals surface area (Å²) >= 11 is 0. The fourth-order valence-corrected chi connectivity index (χ4v) is 2.48. The van der Waals surface area contributed by atoms with Crippen LogP contribution in [0.25, 0.3) is 22.0 Å². The van der Waals surface area contributed by atoms with Crippen LogP contribution in [0.4, 0.5) is 5.69 Å². The lowest BCUT2D eigenvalue weighted by Gasteiger charge is -2.11. The number of carboxylic acid groups (broad SMARTS) is 1. The quantitative estimate of drug-likeness (QED) is 0.631. The fraction of sp³-hybridized carbons (Fsp3) is 0.0588. The number of aromatic hydroxyl groups is 1. The molecular formula is C17H14N2O3. The number of nitrogen functional groups attached to an aromatic ring is 1. The molecule has 0 aliphatic carbocycles. The van der Waals surface area contributed by atoms with Gasteiger partial charge in [0.25, 0.3) is 0 Å². The number of carboxylic acids is 1. The SMILES string of the molecule is Cc1c(C(=O)O)nc2c(N)cc(-c3ccccc3)cc2c1O. The molecule has 0 amide bonds. The van der Waals surface area contributed by atoms with E-state index in [9.17, 15) is 9.90 Å². The Hall–Kier alpha value is -3.08. The van der Waals surface area contributed by atoms with E-state index in [0.717, 1.165) is 11.1 Å². The van der Waals surface area contributed by atoms with Crippen molar-refractivity contribution in [3.05, 3.63) is 53.7 Å². The zero-order chi connectivity index (χ0) is 15.9. The summed E-state index contributed by atoms with van der Waals surface area (Å²) in [4.78, 5) is 15.3. The third-order valence-corrected chi connectivity index (χ3v) is 3.64. The standard InChI is InChI=1S/C17H14N2O3/c1-9-14(17(21)22)19-15-12(16(9)20)7-11(8-13(15)18)10-5-3-2-4-6-10/h2-8H,18H2,1H3,(H,19,20)(H,21,22). The third kappa shape index (κ3) is 2.13. The van der Waals surface area contributed by atoms with Gasteiger partial charge < -0.3 is 15.9 Å². The van der Waals surface area contributed by atoms with Crippen LogP contribution >= 0.6 is 0 Å². The highest BCUT2D eigenvalue weighted by molar-refractivity contribution is 6.01. The minimum atomic E-state index is -1.19. The molecule has 0 fully saturated rings. The van der Waals surface area contributed by atoms with Crippen LogP contribution < -0.4 is 5.73 Å². The Bertz CT molecular complexity index is 890. The summed E-state index contributed by atoms with van der Waals surface area (Å²) in [6, 6.07) is 13.1. The zero-order valence-electron chi connectivity index (χ0n) is 11.9. The Labute approximate surface area is 126 Å². The van der Waals surface area contributed by atoms with Crippen molar-refractivity contribution >= 4 is 22.6 Å². The number of fused-ring (bicyclic) bond motifs is 1. The van der Waals surface area contributed by atoms with Gasteiger partial charge in [-0.05, 0) is 30.2 Å². The van der Waals surface area contributed by atoms with Gasteiger partial charge in [-0.25, -0.2) is 9.78 Å². The Balaban J connectivity index is 2.34. The van der Waals surface area contributed by atoms with Gasteiger partial charge in [0.05, 0.1) is 11.2 Å². The van der Waals surface area contributed by atoms with E-state index in [2.05, 4.69) is 4.98 Å². The topological polar surface area (TPSA) is 96.4 Å². The Kier molecular flexibility index (Phi) is 3.18. The van der Waals surface area contributed by atoms with Gasteiger partial charge in [0.1, 0.15) is 5.75 Å². The highest BCUT2D eigenvalue weighted by Gasteiger charge is 2.18. The normalized spacial score (nSPS) is 10.8. The summed E-state index contributed by atoms with van der Waals surface area (Å²) < 4.78 is 0. The van der Waals surface area contributed by atoms with Crippen molar-refractivity contribution in [3.63, 3.8) is 0 Å². The number of pyridine rings is 1. The summed E-state index contributed by atoms with van der Waals surface area (Å²) in [5.74, 6) is -1.30. The molecule has 0 saturated carbocycles. The van der Waals surface area contributed by atoms with Crippen molar-refractivity contribution in [3.8, 4) is 16.9 Å². The molecule has 22 heavy (non-hydrogen) atoms. The van der Waals surface area contributed by atoms with Crippen LogP contribution in [0.3, 0.4) is 0 Å².